The number of aryl methyl sites for hydroxylation is 1. The summed E-state index contributed by atoms with van der Waals surface area (Å²) in [5, 5.41) is 18.6. The van der Waals surface area contributed by atoms with Gasteiger partial charge in [0.1, 0.15) is 18.2 Å². The van der Waals surface area contributed by atoms with Gasteiger partial charge in [0.25, 0.3) is 0 Å². The van der Waals surface area contributed by atoms with Crippen LogP contribution in [0.25, 0.3) is 0 Å². The van der Waals surface area contributed by atoms with E-state index in [0.717, 1.165) is 5.56 Å². The summed E-state index contributed by atoms with van der Waals surface area (Å²) in [6.07, 6.45) is -0.650. The highest BCUT2D eigenvalue weighted by molar-refractivity contribution is 5.39. The first-order valence-electron chi connectivity index (χ1n) is 6.60. The van der Waals surface area contributed by atoms with E-state index < -0.39 is 11.9 Å². The van der Waals surface area contributed by atoms with Gasteiger partial charge in [-0.15, -0.1) is 0 Å². The highest BCUT2D eigenvalue weighted by Gasteiger charge is 2.10. The number of nitrogens with zero attached hydrogens (tertiary/aromatic N) is 1. The Labute approximate surface area is 123 Å². The molecular formula is C17H16FNO2. The monoisotopic (exact) mass is 285 g/mol. The number of ether oxygens (including phenoxy) is 1. The Kier molecular flexibility index (Phi) is 4.56. The fraction of sp³-hybridized carbons (Fsp3) is 0.235. The van der Waals surface area contributed by atoms with Gasteiger partial charge < -0.3 is 9.84 Å². The second-order valence-corrected chi connectivity index (χ2v) is 4.97. The highest BCUT2D eigenvalue weighted by atomic mass is 19.1. The van der Waals surface area contributed by atoms with Gasteiger partial charge in [-0.25, -0.2) is 4.39 Å². The summed E-state index contributed by atoms with van der Waals surface area (Å²) >= 11 is 0. The minimum atomic E-state index is -0.650. The molecule has 0 heterocycles. The molecule has 0 aliphatic carbocycles. The van der Waals surface area contributed by atoms with Crippen molar-refractivity contribution in [3.63, 3.8) is 0 Å². The largest absolute Gasteiger partial charge is 0.489 e. The molecule has 0 aliphatic rings. The quantitative estimate of drug-likeness (QED) is 0.933. The van der Waals surface area contributed by atoms with E-state index in [9.17, 15) is 9.50 Å². The molecule has 2 aromatic rings. The van der Waals surface area contributed by atoms with Crippen LogP contribution in [-0.2, 0) is 6.61 Å². The number of benzene rings is 2. The molecule has 4 heteroatoms. The van der Waals surface area contributed by atoms with Crippen molar-refractivity contribution < 1.29 is 14.2 Å². The molecule has 21 heavy (non-hydrogen) atoms. The number of hydrogen-bond donors (Lipinski definition) is 1. The van der Waals surface area contributed by atoms with Crippen molar-refractivity contribution in [1.29, 1.82) is 5.26 Å². The van der Waals surface area contributed by atoms with E-state index in [0.29, 0.717) is 16.9 Å². The van der Waals surface area contributed by atoms with Gasteiger partial charge in [-0.1, -0.05) is 12.1 Å². The van der Waals surface area contributed by atoms with Gasteiger partial charge in [0.05, 0.1) is 17.7 Å². The first-order chi connectivity index (χ1) is 9.99. The average Bonchev–Trinajstić information content (AvgIpc) is 2.44. The van der Waals surface area contributed by atoms with E-state index >= 15 is 0 Å². The van der Waals surface area contributed by atoms with Crippen LogP contribution in [0.15, 0.2) is 36.4 Å². The lowest BCUT2D eigenvalue weighted by atomic mass is 10.1. The predicted molar refractivity (Wildman–Crippen MR) is 77.3 cm³/mol. The van der Waals surface area contributed by atoms with Crippen LogP contribution < -0.4 is 4.74 Å². The molecule has 3 nitrogen and oxygen atoms in total. The third kappa shape index (κ3) is 3.80. The molecule has 0 aliphatic heterocycles. The number of nitriles is 1. The lowest BCUT2D eigenvalue weighted by Crippen LogP contribution is -2.02. The molecule has 0 bridgehead atoms. The number of rotatable bonds is 4. The summed E-state index contributed by atoms with van der Waals surface area (Å²) in [6.45, 7) is 3.72. The second-order valence-electron chi connectivity index (χ2n) is 4.97. The first kappa shape index (κ1) is 15.0. The van der Waals surface area contributed by atoms with Crippen LogP contribution in [0.1, 0.15) is 35.3 Å². The van der Waals surface area contributed by atoms with Crippen LogP contribution in [-0.4, -0.2) is 5.11 Å². The first-order valence-corrected chi connectivity index (χ1v) is 6.60. The Balaban J connectivity index is 2.22. The third-order valence-corrected chi connectivity index (χ3v) is 3.10. The molecule has 0 aromatic heterocycles. The standard InChI is InChI=1S/C17H16FNO2/c1-11-3-4-16(12(2)20)17(5-11)21-10-14-6-13(9-19)7-15(18)8-14/h3-8,12,20H,10H2,1-2H3. The molecular weight excluding hydrogens is 269 g/mol. The fourth-order valence-corrected chi connectivity index (χ4v) is 2.07. The second kappa shape index (κ2) is 6.38. The Morgan fingerprint density at radius 3 is 2.71 bits per heavy atom. The van der Waals surface area contributed by atoms with Gasteiger partial charge in [0.2, 0.25) is 0 Å². The van der Waals surface area contributed by atoms with Gasteiger partial charge in [-0.2, -0.15) is 5.26 Å². The summed E-state index contributed by atoms with van der Waals surface area (Å²) in [5.41, 5.74) is 2.52. The zero-order valence-electron chi connectivity index (χ0n) is 11.9. The van der Waals surface area contributed by atoms with E-state index in [2.05, 4.69) is 0 Å². The predicted octanol–water partition coefficient (Wildman–Crippen LogP) is 3.64. The Morgan fingerprint density at radius 2 is 2.05 bits per heavy atom. The minimum absolute atomic E-state index is 0.135. The van der Waals surface area contributed by atoms with Crippen LogP contribution in [0.3, 0.4) is 0 Å². The highest BCUT2D eigenvalue weighted by Crippen LogP contribution is 2.27. The van der Waals surface area contributed by atoms with Gasteiger partial charge in [-0.3, -0.25) is 0 Å². The average molecular weight is 285 g/mol. The molecule has 0 saturated carbocycles. The van der Waals surface area contributed by atoms with Crippen LogP contribution in [0.4, 0.5) is 4.39 Å². The van der Waals surface area contributed by atoms with E-state index in [1.54, 1.807) is 13.0 Å². The topological polar surface area (TPSA) is 53.2 Å². The van der Waals surface area contributed by atoms with E-state index in [1.807, 2.05) is 31.2 Å². The fourth-order valence-electron chi connectivity index (χ4n) is 2.07. The molecule has 0 fully saturated rings. The SMILES string of the molecule is Cc1ccc(C(C)O)c(OCc2cc(F)cc(C#N)c2)c1. The third-order valence-electron chi connectivity index (χ3n) is 3.10. The van der Waals surface area contributed by atoms with Crippen molar-refractivity contribution in [1.82, 2.24) is 0 Å². The maximum atomic E-state index is 13.4. The smallest absolute Gasteiger partial charge is 0.125 e. The molecule has 0 saturated heterocycles. The van der Waals surface area contributed by atoms with E-state index in [1.165, 1.54) is 12.1 Å². The van der Waals surface area contributed by atoms with E-state index in [4.69, 9.17) is 10.00 Å². The van der Waals surface area contributed by atoms with Gasteiger partial charge in [0, 0.05) is 5.56 Å². The minimum Gasteiger partial charge on any atom is -0.489 e. The van der Waals surface area contributed by atoms with Crippen LogP contribution in [0, 0.1) is 24.1 Å². The maximum Gasteiger partial charge on any atom is 0.125 e. The van der Waals surface area contributed by atoms with Crippen molar-refractivity contribution >= 4 is 0 Å². The van der Waals surface area contributed by atoms with Crippen molar-refractivity contribution in [2.24, 2.45) is 0 Å². The Morgan fingerprint density at radius 1 is 1.29 bits per heavy atom. The molecule has 1 N–H and O–H groups in total. The Bertz CT molecular complexity index is 690. The van der Waals surface area contributed by atoms with Crippen molar-refractivity contribution in [2.45, 2.75) is 26.6 Å². The van der Waals surface area contributed by atoms with E-state index in [-0.39, 0.29) is 12.2 Å². The lowest BCUT2D eigenvalue weighted by molar-refractivity contribution is 0.190. The summed E-state index contributed by atoms with van der Waals surface area (Å²) in [6, 6.07) is 11.5. The normalized spacial score (nSPS) is 11.8. The van der Waals surface area contributed by atoms with Crippen molar-refractivity contribution in [3.8, 4) is 11.8 Å². The summed E-state index contributed by atoms with van der Waals surface area (Å²) in [4.78, 5) is 0. The summed E-state index contributed by atoms with van der Waals surface area (Å²) in [5.74, 6) is 0.0976. The maximum absolute atomic E-state index is 13.4. The number of aliphatic hydroxyl groups excluding tert-OH is 1. The van der Waals surface area contributed by atoms with Gasteiger partial charge in [-0.05, 0) is 49.2 Å². The molecule has 108 valence electrons. The van der Waals surface area contributed by atoms with Crippen LogP contribution in [0.5, 0.6) is 5.75 Å². The summed E-state index contributed by atoms with van der Waals surface area (Å²) in [7, 11) is 0. The van der Waals surface area contributed by atoms with Gasteiger partial charge in [0.15, 0.2) is 0 Å². The molecule has 0 amide bonds. The molecule has 0 spiro atoms. The molecule has 2 rings (SSSR count). The number of aliphatic hydroxyl groups is 1. The number of hydrogen-bond acceptors (Lipinski definition) is 3. The van der Waals surface area contributed by atoms with Crippen molar-refractivity contribution in [2.75, 3.05) is 0 Å². The zero-order chi connectivity index (χ0) is 15.4. The summed E-state index contributed by atoms with van der Waals surface area (Å²) < 4.78 is 19.0. The zero-order valence-corrected chi connectivity index (χ0v) is 11.9. The molecule has 2 aromatic carbocycles. The van der Waals surface area contributed by atoms with Crippen LogP contribution >= 0.6 is 0 Å². The van der Waals surface area contributed by atoms with Crippen LogP contribution in [0.2, 0.25) is 0 Å². The van der Waals surface area contributed by atoms with Crippen molar-refractivity contribution in [3.05, 3.63) is 64.5 Å². The van der Waals surface area contributed by atoms with Gasteiger partial charge >= 0.3 is 0 Å². The number of halogens is 1. The lowest BCUT2D eigenvalue weighted by Gasteiger charge is -2.14. The molecule has 1 atom stereocenters. The molecule has 1 unspecified atom stereocenters. The molecule has 0 radical (unpaired) electrons. The Hall–Kier alpha value is -2.38.